The van der Waals surface area contributed by atoms with Crippen molar-refractivity contribution in [2.75, 3.05) is 11.9 Å². The van der Waals surface area contributed by atoms with E-state index in [1.807, 2.05) is 12.1 Å². The summed E-state index contributed by atoms with van der Waals surface area (Å²) in [7, 11) is 2.09. The number of likely N-dealkylation sites (N-methyl/N-ethyl adjacent to an activating group) is 1. The summed E-state index contributed by atoms with van der Waals surface area (Å²) in [6.45, 7) is 0. The molecule has 1 unspecified atom stereocenters. The van der Waals surface area contributed by atoms with Crippen LogP contribution >= 0.6 is 0 Å². The van der Waals surface area contributed by atoms with Crippen molar-refractivity contribution in [2.24, 2.45) is 0 Å². The summed E-state index contributed by atoms with van der Waals surface area (Å²) in [5, 5.41) is 0. The van der Waals surface area contributed by atoms with Crippen LogP contribution in [0.2, 0.25) is 0 Å². The Morgan fingerprint density at radius 1 is 1.53 bits per heavy atom. The predicted molar refractivity (Wildman–Crippen MR) is 58.0 cm³/mol. The first-order chi connectivity index (χ1) is 6.88. The molecule has 0 saturated heterocycles. The first kappa shape index (κ1) is 12.2. The predicted octanol–water partition coefficient (Wildman–Crippen LogP) is -0.361. The summed E-state index contributed by atoms with van der Waals surface area (Å²) < 4.78 is 0. The summed E-state index contributed by atoms with van der Waals surface area (Å²) in [5.74, 6) is 0. The first-order valence-corrected chi connectivity index (χ1v) is 5.07. The second-order valence-corrected chi connectivity index (χ2v) is 3.61. The average molecular weight is 191 g/mol. The van der Waals surface area contributed by atoms with E-state index in [0.29, 0.717) is 6.04 Å². The first-order valence-electron chi connectivity index (χ1n) is 5.07. The molecule has 0 radical (unpaired) electrons. The molecule has 0 aromatic heterocycles. The standard InChI is InChI=1S/C13H14N.Li/c1-14(12-8-4-2-5-9-12)13-10-6-3-7-11-13;/h2,4,6,8,13H,3,7,11H2,1H3;/q-1;+1. The SMILES string of the molecule is CN(c1c#cccc1)C1[C-]=CCCC1.[Li+]. The molecule has 0 spiro atoms. The smallest absolute Gasteiger partial charge is 0.477 e. The normalized spacial score (nSPS) is 18.9. The molecule has 0 N–H and O–H groups in total. The van der Waals surface area contributed by atoms with E-state index < -0.39 is 0 Å². The van der Waals surface area contributed by atoms with Gasteiger partial charge in [0.05, 0.1) is 5.69 Å². The quantitative estimate of drug-likeness (QED) is 0.456. The monoisotopic (exact) mass is 191 g/mol. The summed E-state index contributed by atoms with van der Waals surface area (Å²) in [6.07, 6.45) is 9.16. The van der Waals surface area contributed by atoms with Crippen molar-refractivity contribution in [1.29, 1.82) is 0 Å². The molecular weight excluding hydrogens is 177 g/mol. The summed E-state index contributed by atoms with van der Waals surface area (Å²) in [5.41, 5.74) is 1.10. The Labute approximate surface area is 104 Å². The molecular formula is C13H14LiN. The Morgan fingerprint density at radius 3 is 3.00 bits per heavy atom. The minimum Gasteiger partial charge on any atom is -0.477 e. The third kappa shape index (κ3) is 3.06. The molecule has 2 heteroatoms. The topological polar surface area (TPSA) is 3.24 Å². The molecule has 1 atom stereocenters. The van der Waals surface area contributed by atoms with Gasteiger partial charge in [-0.3, -0.25) is 6.08 Å². The molecule has 0 fully saturated rings. The average Bonchev–Trinajstić information content (AvgIpc) is 2.30. The van der Waals surface area contributed by atoms with Crippen LogP contribution in [-0.4, -0.2) is 13.1 Å². The van der Waals surface area contributed by atoms with Gasteiger partial charge < -0.3 is 11.0 Å². The third-order valence-corrected chi connectivity index (χ3v) is 2.62. The molecule has 15 heavy (non-hydrogen) atoms. The van der Waals surface area contributed by atoms with E-state index in [4.69, 9.17) is 0 Å². The minimum absolute atomic E-state index is 0. The van der Waals surface area contributed by atoms with Gasteiger partial charge in [-0.05, 0) is 18.2 Å². The van der Waals surface area contributed by atoms with E-state index in [1.165, 1.54) is 19.3 Å². The van der Waals surface area contributed by atoms with Gasteiger partial charge in [-0.25, -0.2) is 0 Å². The van der Waals surface area contributed by atoms with Crippen LogP contribution in [0.3, 0.4) is 0 Å². The van der Waals surface area contributed by atoms with E-state index >= 15 is 0 Å². The van der Waals surface area contributed by atoms with Crippen molar-refractivity contribution >= 4 is 5.69 Å². The summed E-state index contributed by atoms with van der Waals surface area (Å²) in [6, 6.07) is 12.4. The van der Waals surface area contributed by atoms with E-state index in [9.17, 15) is 0 Å². The number of hydrogen-bond donors (Lipinski definition) is 0. The van der Waals surface area contributed by atoms with E-state index in [-0.39, 0.29) is 18.9 Å². The fraction of sp³-hybridized carbons (Fsp3) is 0.385. The number of rotatable bonds is 2. The van der Waals surface area contributed by atoms with Crippen molar-refractivity contribution in [3.8, 4) is 0 Å². The van der Waals surface area contributed by atoms with Gasteiger partial charge in [-0.2, -0.15) is 0 Å². The van der Waals surface area contributed by atoms with E-state index in [0.717, 1.165) is 5.69 Å². The van der Waals surface area contributed by atoms with Gasteiger partial charge in [0.15, 0.2) is 0 Å². The van der Waals surface area contributed by atoms with Crippen LogP contribution in [0.1, 0.15) is 19.3 Å². The zero-order valence-corrected chi connectivity index (χ0v) is 9.46. The van der Waals surface area contributed by atoms with Gasteiger partial charge in [0, 0.05) is 7.05 Å². The molecule has 0 amide bonds. The Bertz CT molecular complexity index is 308. The van der Waals surface area contributed by atoms with Crippen LogP contribution in [0, 0.1) is 18.2 Å². The fourth-order valence-electron chi connectivity index (χ4n) is 1.74. The molecule has 1 aliphatic rings. The fourth-order valence-corrected chi connectivity index (χ4v) is 1.74. The Kier molecular flexibility index (Phi) is 4.83. The van der Waals surface area contributed by atoms with Crippen LogP contribution in [0.4, 0.5) is 5.69 Å². The second-order valence-electron chi connectivity index (χ2n) is 3.61. The maximum Gasteiger partial charge on any atom is 1.00 e. The number of hydrogen-bond acceptors (Lipinski definition) is 1. The molecule has 1 aromatic rings. The number of anilines is 1. The number of allylic oxidation sites excluding steroid dienone is 1. The molecule has 1 aliphatic carbocycles. The second kappa shape index (κ2) is 5.91. The minimum atomic E-state index is 0. The van der Waals surface area contributed by atoms with Crippen LogP contribution in [0.15, 0.2) is 24.3 Å². The van der Waals surface area contributed by atoms with E-state index in [2.05, 4.69) is 42.3 Å². The molecule has 1 aromatic carbocycles. The van der Waals surface area contributed by atoms with Crippen molar-refractivity contribution in [3.63, 3.8) is 0 Å². The molecule has 0 aliphatic heterocycles. The molecule has 72 valence electrons. The zero-order valence-electron chi connectivity index (χ0n) is 9.46. The molecule has 0 bridgehead atoms. The molecule has 0 heterocycles. The Morgan fingerprint density at radius 2 is 2.40 bits per heavy atom. The summed E-state index contributed by atoms with van der Waals surface area (Å²) in [4.78, 5) is 2.21. The molecule has 0 saturated carbocycles. The van der Waals surface area contributed by atoms with Crippen molar-refractivity contribution in [3.05, 3.63) is 42.5 Å². The van der Waals surface area contributed by atoms with Crippen molar-refractivity contribution < 1.29 is 18.9 Å². The van der Waals surface area contributed by atoms with Crippen molar-refractivity contribution in [1.82, 2.24) is 0 Å². The number of nitrogens with zero attached hydrogens (tertiary/aromatic N) is 1. The van der Waals surface area contributed by atoms with Gasteiger partial charge in [0.2, 0.25) is 0 Å². The molecule has 2 rings (SSSR count). The van der Waals surface area contributed by atoms with Gasteiger partial charge in [-0.1, -0.05) is 31.4 Å². The maximum absolute atomic E-state index is 3.38. The van der Waals surface area contributed by atoms with Gasteiger partial charge in [-0.15, -0.1) is 6.04 Å². The van der Waals surface area contributed by atoms with Gasteiger partial charge in [0.1, 0.15) is 0 Å². The van der Waals surface area contributed by atoms with Gasteiger partial charge >= 0.3 is 18.9 Å². The van der Waals surface area contributed by atoms with Crippen LogP contribution in [0.25, 0.3) is 0 Å². The maximum atomic E-state index is 3.38. The largest absolute Gasteiger partial charge is 1.00 e. The van der Waals surface area contributed by atoms with Crippen LogP contribution < -0.4 is 23.8 Å². The van der Waals surface area contributed by atoms with Gasteiger partial charge in [0.25, 0.3) is 0 Å². The van der Waals surface area contributed by atoms with Crippen molar-refractivity contribution in [2.45, 2.75) is 25.3 Å². The summed E-state index contributed by atoms with van der Waals surface area (Å²) >= 11 is 0. The van der Waals surface area contributed by atoms with Crippen LogP contribution in [0.5, 0.6) is 0 Å². The zero-order chi connectivity index (χ0) is 9.80. The Balaban J connectivity index is 0.00000112. The third-order valence-electron chi connectivity index (χ3n) is 2.62. The van der Waals surface area contributed by atoms with Crippen LogP contribution in [-0.2, 0) is 0 Å². The molecule has 1 nitrogen and oxygen atoms in total. The van der Waals surface area contributed by atoms with E-state index in [1.54, 1.807) is 0 Å². The Hall–Kier alpha value is -0.823.